The fourth-order valence-corrected chi connectivity index (χ4v) is 12.2. The van der Waals surface area contributed by atoms with Crippen molar-refractivity contribution in [3.05, 3.63) is 336 Å². The zero-order valence-electron chi connectivity index (χ0n) is 58.8. The van der Waals surface area contributed by atoms with Gasteiger partial charge in [-0.15, -0.1) is 0 Å². The number of anilines is 12. The first-order valence-corrected chi connectivity index (χ1v) is 34.5. The molecule has 0 amide bonds. The number of hydrogen-bond acceptors (Lipinski definition) is 8. The van der Waals surface area contributed by atoms with Crippen molar-refractivity contribution in [1.82, 2.24) is 0 Å². The number of rotatable bonds is 26. The Bertz CT molecular complexity index is 3820. The van der Waals surface area contributed by atoms with Crippen molar-refractivity contribution in [2.45, 2.75) is 93.7 Å². The van der Waals surface area contributed by atoms with Crippen LogP contribution in [0.2, 0.25) is 0 Å². The highest BCUT2D eigenvalue weighted by Crippen LogP contribution is 2.42. The summed E-state index contributed by atoms with van der Waals surface area (Å²) in [7, 11) is 6.90. The predicted octanol–water partition coefficient (Wildman–Crippen LogP) is 24.4. The molecule has 8 nitrogen and oxygen atoms in total. The van der Waals surface area contributed by atoms with E-state index in [-0.39, 0.29) is 0 Å². The van der Waals surface area contributed by atoms with Crippen LogP contribution in [-0.2, 0) is 71.1 Å². The van der Waals surface area contributed by atoms with E-state index in [4.69, 9.17) is 18.9 Å². The van der Waals surface area contributed by atoms with E-state index in [0.29, 0.717) is 26.4 Å². The zero-order chi connectivity index (χ0) is 68.6. The van der Waals surface area contributed by atoms with Crippen molar-refractivity contribution in [2.24, 2.45) is 0 Å². The molecule has 0 radical (unpaired) electrons. The van der Waals surface area contributed by atoms with E-state index < -0.39 is 0 Å². The van der Waals surface area contributed by atoms with Crippen molar-refractivity contribution in [3.63, 3.8) is 0 Å². The normalized spacial score (nSPS) is 10.8. The minimum absolute atomic E-state index is 0.591. The first-order valence-electron chi connectivity index (χ1n) is 34.5. The van der Waals surface area contributed by atoms with Gasteiger partial charge in [0.15, 0.2) is 0 Å². The van der Waals surface area contributed by atoms with Gasteiger partial charge in [-0.1, -0.05) is 187 Å². The van der Waals surface area contributed by atoms with Gasteiger partial charge in [0.05, 0.1) is 26.4 Å². The molecule has 0 unspecified atom stereocenters. The molecule has 0 spiro atoms. The number of methoxy groups -OCH3 is 4. The summed E-state index contributed by atoms with van der Waals surface area (Å²) in [4.78, 5) is 9.23. The van der Waals surface area contributed by atoms with Gasteiger partial charge < -0.3 is 38.5 Å². The van der Waals surface area contributed by atoms with Crippen molar-refractivity contribution in [1.29, 1.82) is 0 Å². The predicted molar refractivity (Wildman–Crippen MR) is 414 cm³/mol. The molecule has 0 bridgehead atoms. The van der Waals surface area contributed by atoms with Crippen LogP contribution in [0.3, 0.4) is 0 Å². The van der Waals surface area contributed by atoms with Crippen LogP contribution in [0.25, 0.3) is 22.3 Å². The van der Waals surface area contributed by atoms with Gasteiger partial charge in [-0.25, -0.2) is 0 Å². The number of hydrogen-bond donors (Lipinski definition) is 0. The lowest BCUT2D eigenvalue weighted by atomic mass is 10.0. The smallest absolute Gasteiger partial charge is 0.0713 e. The molecular weight excluding hydrogens is 1200 g/mol. The zero-order valence-corrected chi connectivity index (χ0v) is 58.8. The lowest BCUT2D eigenvalue weighted by Crippen LogP contribution is -2.10. The second-order valence-electron chi connectivity index (χ2n) is 24.0. The highest BCUT2D eigenvalue weighted by Gasteiger charge is 2.19. The summed E-state index contributed by atoms with van der Waals surface area (Å²) in [5, 5.41) is 0. The molecule has 0 saturated carbocycles. The number of nitrogens with zero attached hydrogens (tertiary/aromatic N) is 4. The van der Waals surface area contributed by atoms with Gasteiger partial charge in [-0.05, 0) is 238 Å². The summed E-state index contributed by atoms with van der Waals surface area (Å²) in [5.74, 6) is 0. The molecule has 0 N–H and O–H groups in total. The molecule has 12 rings (SSSR count). The minimum atomic E-state index is 0.591. The van der Waals surface area contributed by atoms with E-state index in [0.717, 1.165) is 116 Å². The molecule has 12 aromatic carbocycles. The fraction of sp³-hybridized carbons (Fsp3) is 0.200. The van der Waals surface area contributed by atoms with Crippen LogP contribution in [0.1, 0.15) is 86.1 Å². The van der Waals surface area contributed by atoms with Crippen LogP contribution < -0.4 is 19.6 Å². The summed E-state index contributed by atoms with van der Waals surface area (Å²) in [5.41, 5.74) is 28.0. The molecule has 498 valence electrons. The molecule has 0 saturated heterocycles. The van der Waals surface area contributed by atoms with E-state index >= 15 is 0 Å². The maximum absolute atomic E-state index is 5.34. The highest BCUT2D eigenvalue weighted by atomic mass is 16.5. The molecule has 0 aromatic heterocycles. The van der Waals surface area contributed by atoms with E-state index in [1.165, 1.54) is 44.5 Å². The van der Waals surface area contributed by atoms with E-state index in [1.54, 1.807) is 28.4 Å². The average Bonchev–Trinajstić information content (AvgIpc) is 0.815. The van der Waals surface area contributed by atoms with Gasteiger partial charge in [0.2, 0.25) is 0 Å². The fourth-order valence-electron chi connectivity index (χ4n) is 12.2. The Morgan fingerprint density at radius 3 is 0.398 bits per heavy atom. The van der Waals surface area contributed by atoms with Gasteiger partial charge in [0.25, 0.3) is 0 Å². The molecule has 0 aliphatic heterocycles. The summed E-state index contributed by atoms with van der Waals surface area (Å²) in [6, 6.07) is 105. The topological polar surface area (TPSA) is 49.9 Å². The Kier molecular flexibility index (Phi) is 25.6. The largest absolute Gasteiger partial charge is 0.380 e. The lowest BCUT2D eigenvalue weighted by molar-refractivity contribution is 0.185. The number of benzene rings is 12. The third-order valence-corrected chi connectivity index (χ3v) is 17.6. The average molecular weight is 1300 g/mol. The van der Waals surface area contributed by atoms with Crippen molar-refractivity contribution < 1.29 is 18.9 Å². The second-order valence-corrected chi connectivity index (χ2v) is 24.0. The molecule has 98 heavy (non-hydrogen) atoms. The first-order chi connectivity index (χ1) is 48.2. The standard InChI is InChI=1S/2C44H44N2O2.C2H6/c2*1-5-33-7-19-39(20-8-33)45(40-21-9-34(6-2)10-22-40)43-27-15-37(16-28-43)38-17-29-44(30-18-38)46(41-23-11-35(12-24-41)31-47-3)42-25-13-36(14-26-42)32-48-4;1-2/h2*7-30H,5-6,31-32H2,1-4H3;1-2H3. The summed E-state index contributed by atoms with van der Waals surface area (Å²) in [6.07, 6.45) is 4.10. The van der Waals surface area contributed by atoms with E-state index in [2.05, 4.69) is 338 Å². The Morgan fingerprint density at radius 1 is 0.173 bits per heavy atom. The van der Waals surface area contributed by atoms with Crippen LogP contribution in [0.5, 0.6) is 0 Å². The molecule has 0 aliphatic carbocycles. The maximum Gasteiger partial charge on any atom is 0.0713 e. The van der Waals surface area contributed by atoms with Gasteiger partial charge in [-0.3, -0.25) is 0 Å². The van der Waals surface area contributed by atoms with Crippen LogP contribution in [0.4, 0.5) is 68.2 Å². The Balaban J connectivity index is 0.000000207. The summed E-state index contributed by atoms with van der Waals surface area (Å²) < 4.78 is 21.4. The molecule has 8 heteroatoms. The van der Waals surface area contributed by atoms with E-state index in [1.807, 2.05) is 13.8 Å². The van der Waals surface area contributed by atoms with Crippen molar-refractivity contribution in [2.75, 3.05) is 48.0 Å². The Hall–Kier alpha value is -10.3. The Labute approximate surface area is 583 Å². The number of aryl methyl sites for hydroxylation is 4. The molecule has 0 fully saturated rings. The first kappa shape index (κ1) is 70.5. The van der Waals surface area contributed by atoms with Gasteiger partial charge in [0.1, 0.15) is 0 Å². The van der Waals surface area contributed by atoms with Gasteiger partial charge in [-0.2, -0.15) is 0 Å². The summed E-state index contributed by atoms with van der Waals surface area (Å²) >= 11 is 0. The Morgan fingerprint density at radius 2 is 0.286 bits per heavy atom. The van der Waals surface area contributed by atoms with Crippen molar-refractivity contribution >= 4 is 68.2 Å². The van der Waals surface area contributed by atoms with Crippen LogP contribution in [0.15, 0.2) is 291 Å². The third kappa shape index (κ3) is 17.8. The quantitative estimate of drug-likeness (QED) is 0.0532. The van der Waals surface area contributed by atoms with Gasteiger partial charge in [0, 0.05) is 96.7 Å². The van der Waals surface area contributed by atoms with Crippen LogP contribution in [-0.4, -0.2) is 28.4 Å². The summed E-state index contributed by atoms with van der Waals surface area (Å²) in [6.45, 7) is 15.1. The van der Waals surface area contributed by atoms with Crippen molar-refractivity contribution in [3.8, 4) is 22.3 Å². The van der Waals surface area contributed by atoms with Crippen LogP contribution >= 0.6 is 0 Å². The van der Waals surface area contributed by atoms with Gasteiger partial charge >= 0.3 is 0 Å². The molecule has 0 aliphatic rings. The lowest BCUT2D eigenvalue weighted by Gasteiger charge is -2.26. The minimum Gasteiger partial charge on any atom is -0.380 e. The third-order valence-electron chi connectivity index (χ3n) is 17.6. The molecule has 0 heterocycles. The molecule has 0 atom stereocenters. The SMILES string of the molecule is CC.CCc1ccc(N(c2ccc(CC)cc2)c2ccc(-c3ccc(N(c4ccc(COC)cc4)c4ccc(COC)cc4)cc3)cc2)cc1.CCc1ccc(N(c2ccc(CC)cc2)c2ccc(-c3ccc(N(c4ccc(COC)cc4)c4ccc(COC)cc4)cc3)cc2)cc1. The van der Waals surface area contributed by atoms with Crippen LogP contribution in [0, 0.1) is 0 Å². The highest BCUT2D eigenvalue weighted by molar-refractivity contribution is 5.83. The monoisotopic (exact) mass is 1290 g/mol. The second kappa shape index (κ2) is 35.6. The number of ether oxygens (including phenoxy) is 4. The van der Waals surface area contributed by atoms with E-state index in [9.17, 15) is 0 Å². The molecule has 12 aromatic rings. The molecular formula is C90H94N4O4. The maximum atomic E-state index is 5.34.